The van der Waals surface area contributed by atoms with Crippen LogP contribution >= 0.6 is 62.5 Å². The summed E-state index contributed by atoms with van der Waals surface area (Å²) in [6.07, 6.45) is 0. The topological polar surface area (TPSA) is 41.1 Å². The van der Waals surface area contributed by atoms with E-state index in [2.05, 4.69) is 26.8 Å². The lowest BCUT2D eigenvalue weighted by atomic mass is 10.2. The average Bonchev–Trinajstić information content (AvgIpc) is 2.45. The van der Waals surface area contributed by atoms with Crippen molar-refractivity contribution in [3.8, 4) is 0 Å². The number of benzene rings is 2. The van der Waals surface area contributed by atoms with E-state index in [0.29, 0.717) is 20.8 Å². The highest BCUT2D eigenvalue weighted by atomic mass is 79.9. The smallest absolute Gasteiger partial charge is 0.248 e. The molecule has 3 nitrogen and oxygen atoms in total. The number of carbonyl (C=O) groups excluding carboxylic acids is 1. The minimum atomic E-state index is -0.195. The van der Waals surface area contributed by atoms with Crippen molar-refractivity contribution in [2.24, 2.45) is 0 Å². The van der Waals surface area contributed by atoms with Gasteiger partial charge < -0.3 is 0 Å². The largest absolute Gasteiger partial charge is 0.296 e. The molecule has 0 spiro atoms. The van der Waals surface area contributed by atoms with Gasteiger partial charge in [-0.2, -0.15) is 0 Å². The lowest BCUT2D eigenvalue weighted by Crippen LogP contribution is -2.31. The van der Waals surface area contributed by atoms with Crippen LogP contribution in [-0.2, 0) is 4.79 Å². The highest BCUT2D eigenvalue weighted by Crippen LogP contribution is 2.33. The summed E-state index contributed by atoms with van der Waals surface area (Å²) in [5.41, 5.74) is 6.81. The maximum absolute atomic E-state index is 11.9. The minimum Gasteiger partial charge on any atom is -0.296 e. The molecule has 0 saturated carbocycles. The predicted octanol–water partition coefficient (Wildman–Crippen LogP) is 5.95. The molecule has 1 amide bonds. The summed E-state index contributed by atoms with van der Waals surface area (Å²) in [5, 5.41) is 1.09. The van der Waals surface area contributed by atoms with Crippen LogP contribution in [0.4, 0.5) is 5.69 Å². The van der Waals surface area contributed by atoms with Crippen LogP contribution in [0.2, 0.25) is 15.1 Å². The third-order valence-corrected chi connectivity index (χ3v) is 5.31. The van der Waals surface area contributed by atoms with E-state index in [9.17, 15) is 4.79 Å². The summed E-state index contributed by atoms with van der Waals surface area (Å²) in [7, 11) is 0. The molecule has 0 unspecified atom stereocenters. The van der Waals surface area contributed by atoms with Crippen LogP contribution in [0.5, 0.6) is 0 Å². The first-order chi connectivity index (χ1) is 10.9. The van der Waals surface area contributed by atoms with E-state index in [1.54, 1.807) is 12.1 Å². The Kier molecular flexibility index (Phi) is 6.92. The fourth-order valence-electron chi connectivity index (χ4n) is 1.75. The molecule has 2 rings (SSSR count). The molecule has 2 aromatic rings. The molecule has 0 aliphatic carbocycles. The summed E-state index contributed by atoms with van der Waals surface area (Å²) in [6.45, 7) is 2.00. The van der Waals surface area contributed by atoms with Crippen molar-refractivity contribution in [2.75, 3.05) is 11.2 Å². The van der Waals surface area contributed by atoms with E-state index < -0.39 is 0 Å². The fraction of sp³-hybridized carbons (Fsp3) is 0.133. The lowest BCUT2D eigenvalue weighted by molar-refractivity contribution is -0.118. The Morgan fingerprint density at radius 2 is 1.83 bits per heavy atom. The molecular formula is C15H12BrCl3N2OS. The Labute approximate surface area is 162 Å². The Morgan fingerprint density at radius 3 is 2.43 bits per heavy atom. The van der Waals surface area contributed by atoms with E-state index in [1.165, 1.54) is 11.8 Å². The number of aryl methyl sites for hydroxylation is 1. The molecule has 0 heterocycles. The molecule has 0 saturated heterocycles. The summed E-state index contributed by atoms with van der Waals surface area (Å²) < 4.78 is 1.01. The van der Waals surface area contributed by atoms with Crippen LogP contribution < -0.4 is 10.9 Å². The van der Waals surface area contributed by atoms with Gasteiger partial charge in [0.2, 0.25) is 5.91 Å². The number of hydrazine groups is 1. The zero-order valence-electron chi connectivity index (χ0n) is 11.9. The second kappa shape index (κ2) is 8.49. The number of hydrogen-bond acceptors (Lipinski definition) is 3. The second-order valence-corrected chi connectivity index (χ2v) is 7.80. The fourth-order valence-corrected chi connectivity index (χ4v) is 3.94. The van der Waals surface area contributed by atoms with Gasteiger partial charge in [-0.25, -0.2) is 0 Å². The number of thioether (sulfide) groups is 1. The number of nitrogens with one attached hydrogen (secondary N) is 2. The zero-order chi connectivity index (χ0) is 17.0. The van der Waals surface area contributed by atoms with E-state index in [1.807, 2.05) is 25.1 Å². The number of hydrogen-bond donors (Lipinski definition) is 2. The van der Waals surface area contributed by atoms with Crippen molar-refractivity contribution < 1.29 is 4.79 Å². The quantitative estimate of drug-likeness (QED) is 0.433. The van der Waals surface area contributed by atoms with Crippen LogP contribution in [0.15, 0.2) is 39.7 Å². The minimum absolute atomic E-state index is 0.195. The maximum Gasteiger partial charge on any atom is 0.248 e. The van der Waals surface area contributed by atoms with E-state index in [4.69, 9.17) is 34.8 Å². The van der Waals surface area contributed by atoms with Gasteiger partial charge in [-0.05, 0) is 42.8 Å². The maximum atomic E-state index is 11.9. The summed E-state index contributed by atoms with van der Waals surface area (Å²) >= 11 is 22.8. The molecule has 2 N–H and O–H groups in total. The van der Waals surface area contributed by atoms with Gasteiger partial charge in [0.25, 0.3) is 0 Å². The Bertz CT molecular complexity index is 720. The van der Waals surface area contributed by atoms with Crippen molar-refractivity contribution >= 4 is 74.1 Å². The summed E-state index contributed by atoms with van der Waals surface area (Å²) in [5.74, 6) is 0.0672. The van der Waals surface area contributed by atoms with Crippen LogP contribution in [0.3, 0.4) is 0 Å². The molecule has 0 aromatic heterocycles. The van der Waals surface area contributed by atoms with Gasteiger partial charge in [0.1, 0.15) is 0 Å². The van der Waals surface area contributed by atoms with E-state index in [-0.39, 0.29) is 11.7 Å². The SMILES string of the molecule is Cc1cc(Br)ccc1SCC(=O)NNc1c(Cl)cc(Cl)cc1Cl. The molecule has 0 aliphatic rings. The highest BCUT2D eigenvalue weighted by molar-refractivity contribution is 9.10. The summed E-state index contributed by atoms with van der Waals surface area (Å²) in [6, 6.07) is 9.01. The highest BCUT2D eigenvalue weighted by Gasteiger charge is 2.10. The van der Waals surface area contributed by atoms with Crippen LogP contribution in [0, 0.1) is 6.92 Å². The van der Waals surface area contributed by atoms with Crippen LogP contribution in [0.1, 0.15) is 5.56 Å². The Morgan fingerprint density at radius 1 is 1.17 bits per heavy atom. The van der Waals surface area contributed by atoms with Crippen molar-refractivity contribution in [3.05, 3.63) is 55.4 Å². The first-order valence-electron chi connectivity index (χ1n) is 6.45. The molecular weight excluding hydrogens is 443 g/mol. The zero-order valence-corrected chi connectivity index (χ0v) is 16.6. The molecule has 0 atom stereocenters. The van der Waals surface area contributed by atoms with Gasteiger partial charge in [0, 0.05) is 14.4 Å². The third kappa shape index (κ3) is 5.47. The van der Waals surface area contributed by atoms with E-state index in [0.717, 1.165) is 14.9 Å². The van der Waals surface area contributed by atoms with Crippen molar-refractivity contribution in [1.82, 2.24) is 5.43 Å². The molecule has 8 heteroatoms. The standard InChI is InChI=1S/C15H12BrCl3N2OS/c1-8-4-9(16)2-3-13(8)23-7-14(22)20-21-15-11(18)5-10(17)6-12(15)19/h2-6,21H,7H2,1H3,(H,20,22). The van der Waals surface area contributed by atoms with Gasteiger partial charge in [-0.15, -0.1) is 11.8 Å². The molecule has 0 fully saturated rings. The number of carbonyl (C=O) groups is 1. The predicted molar refractivity (Wildman–Crippen MR) is 103 cm³/mol. The van der Waals surface area contributed by atoms with Gasteiger partial charge in [-0.1, -0.05) is 50.7 Å². The normalized spacial score (nSPS) is 10.5. The summed E-state index contributed by atoms with van der Waals surface area (Å²) in [4.78, 5) is 13.0. The molecule has 23 heavy (non-hydrogen) atoms. The number of amides is 1. The molecule has 0 bridgehead atoms. The van der Waals surface area contributed by atoms with Crippen molar-refractivity contribution in [2.45, 2.75) is 11.8 Å². The molecule has 0 radical (unpaired) electrons. The van der Waals surface area contributed by atoms with Crippen molar-refractivity contribution in [1.29, 1.82) is 0 Å². The van der Waals surface area contributed by atoms with Gasteiger partial charge >= 0.3 is 0 Å². The van der Waals surface area contributed by atoms with Gasteiger partial charge in [0.15, 0.2) is 0 Å². The molecule has 0 aliphatic heterocycles. The second-order valence-electron chi connectivity index (χ2n) is 4.62. The van der Waals surface area contributed by atoms with Gasteiger partial charge in [0.05, 0.1) is 21.5 Å². The molecule has 122 valence electrons. The molecule has 2 aromatic carbocycles. The Balaban J connectivity index is 1.91. The Hall–Kier alpha value is -0.590. The first kappa shape index (κ1) is 18.7. The average molecular weight is 455 g/mol. The van der Waals surface area contributed by atoms with Crippen molar-refractivity contribution in [3.63, 3.8) is 0 Å². The number of halogens is 4. The number of rotatable bonds is 5. The lowest BCUT2D eigenvalue weighted by Gasteiger charge is -2.12. The van der Waals surface area contributed by atoms with E-state index >= 15 is 0 Å². The number of anilines is 1. The monoisotopic (exact) mass is 452 g/mol. The van der Waals surface area contributed by atoms with Crippen LogP contribution in [-0.4, -0.2) is 11.7 Å². The van der Waals surface area contributed by atoms with Gasteiger partial charge in [-0.3, -0.25) is 15.6 Å². The first-order valence-corrected chi connectivity index (χ1v) is 9.36. The van der Waals surface area contributed by atoms with Crippen LogP contribution in [0.25, 0.3) is 0 Å². The third-order valence-electron chi connectivity index (χ3n) is 2.83.